The van der Waals surface area contributed by atoms with Gasteiger partial charge in [-0.2, -0.15) is 15.2 Å². The van der Waals surface area contributed by atoms with Crippen LogP contribution in [0, 0.1) is 23.0 Å². The van der Waals surface area contributed by atoms with E-state index in [0.29, 0.717) is 10.8 Å². The van der Waals surface area contributed by atoms with Gasteiger partial charge in [-0.25, -0.2) is 13.6 Å². The molecular formula is C36H37ClF2N6O6. The van der Waals surface area contributed by atoms with Gasteiger partial charge in [0.15, 0.2) is 11.9 Å². The Hall–Kier alpha value is -4.42. The fraction of sp³-hybridized carbons (Fsp3) is 0.472. The highest BCUT2D eigenvalue weighted by molar-refractivity contribution is 6.36. The monoisotopic (exact) mass is 722 g/mol. The Bertz CT molecular complexity index is 2090. The molecule has 0 radical (unpaired) electrons. The molecule has 4 aromatic rings. The second-order valence-electron chi connectivity index (χ2n) is 14.4. The Labute approximate surface area is 297 Å². The van der Waals surface area contributed by atoms with Crippen LogP contribution >= 0.6 is 11.6 Å². The van der Waals surface area contributed by atoms with Crippen LogP contribution in [0.5, 0.6) is 6.01 Å². The minimum atomic E-state index is -1.08. The molecule has 1 N–H and O–H groups in total. The molecule has 2 aromatic heterocycles. The number of carbonyl (C=O) groups excluding carboxylic acids is 1. The molecule has 3 saturated heterocycles. The van der Waals surface area contributed by atoms with Gasteiger partial charge in [0.1, 0.15) is 45.8 Å². The Kier molecular flexibility index (Phi) is 8.69. The maximum absolute atomic E-state index is 16.9. The van der Waals surface area contributed by atoms with Crippen LogP contribution < -0.4 is 9.64 Å². The molecule has 0 aliphatic carbocycles. The first-order valence-corrected chi connectivity index (χ1v) is 17.0. The van der Waals surface area contributed by atoms with Crippen molar-refractivity contribution < 1.29 is 37.6 Å². The van der Waals surface area contributed by atoms with Gasteiger partial charge in [0.2, 0.25) is 0 Å². The van der Waals surface area contributed by atoms with Gasteiger partial charge in [-0.3, -0.25) is 4.98 Å². The molecule has 5 atom stereocenters. The summed E-state index contributed by atoms with van der Waals surface area (Å²) in [5.74, 6) is -1.21. The molecule has 0 spiro atoms. The number of hydrogen-bond acceptors (Lipinski definition) is 11. The molecule has 5 heterocycles. The van der Waals surface area contributed by atoms with Crippen LogP contribution in [0.15, 0.2) is 36.5 Å². The third-order valence-electron chi connectivity index (χ3n) is 10.1. The molecule has 2 aromatic carbocycles. The molecule has 1 amide bonds. The number of halogens is 3. The van der Waals surface area contributed by atoms with Crippen LogP contribution in [0.2, 0.25) is 5.02 Å². The third kappa shape index (κ3) is 5.86. The number of piperazine rings is 1. The van der Waals surface area contributed by atoms with Crippen LogP contribution in [0.1, 0.15) is 41.0 Å². The molecule has 12 nitrogen and oxygen atoms in total. The maximum Gasteiger partial charge on any atom is 0.410 e. The van der Waals surface area contributed by atoms with Gasteiger partial charge < -0.3 is 33.9 Å². The summed E-state index contributed by atoms with van der Waals surface area (Å²) in [4.78, 5) is 30.2. The molecule has 51 heavy (non-hydrogen) atoms. The summed E-state index contributed by atoms with van der Waals surface area (Å²) in [6, 6.07) is 9.23. The Balaban J connectivity index is 1.34. The zero-order chi connectivity index (χ0) is 36.5. The smallest absolute Gasteiger partial charge is 0.410 e. The lowest BCUT2D eigenvalue weighted by molar-refractivity contribution is -0.104. The van der Waals surface area contributed by atoms with Gasteiger partial charge in [0.25, 0.3) is 0 Å². The second-order valence-corrected chi connectivity index (χ2v) is 14.8. The van der Waals surface area contributed by atoms with Crippen molar-refractivity contribution in [3.05, 3.63) is 53.2 Å². The van der Waals surface area contributed by atoms with Gasteiger partial charge in [0, 0.05) is 36.8 Å². The van der Waals surface area contributed by atoms with E-state index in [1.807, 2.05) is 4.90 Å². The SMILES string of the molecule is CC(C)(C)OC(=O)N1CCN(c2nc(O[C@@H]3CO[C@]4(C)[C@H](O)COC34C)nc3c(F)c(-c4cccc5ccc(F)c(Cl)c45)ncc23)C[C@@H]1CC#N. The highest BCUT2D eigenvalue weighted by Gasteiger charge is 2.66. The minimum absolute atomic E-state index is 0.00723. The summed E-state index contributed by atoms with van der Waals surface area (Å²) >= 11 is 6.41. The van der Waals surface area contributed by atoms with E-state index in [1.165, 1.54) is 17.2 Å². The van der Waals surface area contributed by atoms with Crippen LogP contribution in [0.3, 0.4) is 0 Å². The number of carbonyl (C=O) groups is 1. The van der Waals surface area contributed by atoms with Crippen molar-refractivity contribution in [3.8, 4) is 23.3 Å². The van der Waals surface area contributed by atoms with Crippen LogP contribution in [0.25, 0.3) is 32.9 Å². The summed E-state index contributed by atoms with van der Waals surface area (Å²) < 4.78 is 55.5. The third-order valence-corrected chi connectivity index (χ3v) is 10.5. The van der Waals surface area contributed by atoms with Gasteiger partial charge in [0.05, 0.1) is 42.2 Å². The summed E-state index contributed by atoms with van der Waals surface area (Å²) in [7, 11) is 0. The Morgan fingerprint density at radius 2 is 1.90 bits per heavy atom. The maximum atomic E-state index is 16.9. The fourth-order valence-electron chi connectivity index (χ4n) is 7.12. The normalized spacial score (nSPS) is 26.4. The van der Waals surface area contributed by atoms with Crippen molar-refractivity contribution in [2.45, 2.75) is 76.1 Å². The van der Waals surface area contributed by atoms with Crippen molar-refractivity contribution in [1.82, 2.24) is 19.9 Å². The van der Waals surface area contributed by atoms with Crippen LogP contribution in [-0.2, 0) is 14.2 Å². The lowest BCUT2D eigenvalue weighted by atomic mass is 9.82. The lowest BCUT2D eigenvalue weighted by Crippen LogP contribution is -2.56. The number of anilines is 1. The number of nitriles is 1. The summed E-state index contributed by atoms with van der Waals surface area (Å²) in [6.07, 6.45) is -0.771. The van der Waals surface area contributed by atoms with Gasteiger partial charge in [-0.15, -0.1) is 0 Å². The number of benzene rings is 2. The van der Waals surface area contributed by atoms with Crippen molar-refractivity contribution >= 4 is 45.2 Å². The fourth-order valence-corrected chi connectivity index (χ4v) is 7.39. The van der Waals surface area contributed by atoms with E-state index < -0.39 is 52.8 Å². The van der Waals surface area contributed by atoms with Crippen molar-refractivity contribution in [2.75, 3.05) is 37.7 Å². The molecule has 0 bridgehead atoms. The highest BCUT2D eigenvalue weighted by Crippen LogP contribution is 2.47. The molecule has 0 saturated carbocycles. The number of aliphatic hydroxyl groups excluding tert-OH is 1. The summed E-state index contributed by atoms with van der Waals surface area (Å²) in [6.45, 7) is 9.52. The van der Waals surface area contributed by atoms with E-state index in [9.17, 15) is 19.6 Å². The summed E-state index contributed by atoms with van der Waals surface area (Å²) in [5, 5.41) is 21.3. The molecule has 3 fully saturated rings. The average molecular weight is 723 g/mol. The largest absolute Gasteiger partial charge is 0.454 e. The predicted octanol–water partition coefficient (Wildman–Crippen LogP) is 5.80. The Morgan fingerprint density at radius 3 is 2.65 bits per heavy atom. The number of nitrogens with zero attached hydrogens (tertiary/aromatic N) is 6. The van der Waals surface area contributed by atoms with E-state index in [0.717, 1.165) is 0 Å². The number of hydrogen-bond donors (Lipinski definition) is 1. The van der Waals surface area contributed by atoms with E-state index in [-0.39, 0.29) is 78.3 Å². The number of aromatic nitrogens is 3. The molecule has 3 aliphatic heterocycles. The highest BCUT2D eigenvalue weighted by atomic mass is 35.5. The quantitative estimate of drug-likeness (QED) is 0.267. The van der Waals surface area contributed by atoms with Crippen molar-refractivity contribution in [1.29, 1.82) is 5.26 Å². The number of pyridine rings is 1. The minimum Gasteiger partial charge on any atom is -0.454 e. The molecule has 3 aliphatic rings. The number of fused-ring (bicyclic) bond motifs is 3. The summed E-state index contributed by atoms with van der Waals surface area (Å²) in [5.41, 5.74) is -2.86. The van der Waals surface area contributed by atoms with Crippen LogP contribution in [-0.4, -0.2) is 99.0 Å². The first-order valence-electron chi connectivity index (χ1n) is 16.6. The molecule has 1 unspecified atom stereocenters. The zero-order valence-corrected chi connectivity index (χ0v) is 29.5. The van der Waals surface area contributed by atoms with Crippen molar-refractivity contribution in [2.24, 2.45) is 0 Å². The standard InChI is InChI=1S/C36H37ClF2N6O6/c1-34(2,3)51-33(47)45-14-13-44(16-20(45)11-12-40)31-22-15-41-29(21-8-6-7-19-9-10-23(38)27(37)26(19)21)28(39)30(22)42-32(43-31)50-25-18-49-35(4)24(46)17-48-36(25,35)5/h6-10,15,20,24-25,46H,11,13-14,16-18H2,1-5H3/t20-,24+,25+,35+,36?/m0/s1. The van der Waals surface area contributed by atoms with Gasteiger partial charge in [-0.05, 0) is 46.1 Å². The molecule has 15 heteroatoms. The van der Waals surface area contributed by atoms with E-state index in [4.69, 9.17) is 35.5 Å². The predicted molar refractivity (Wildman–Crippen MR) is 184 cm³/mol. The number of ether oxygens (including phenoxy) is 4. The lowest BCUT2D eigenvalue weighted by Gasteiger charge is -2.41. The number of aliphatic hydroxyl groups is 1. The zero-order valence-electron chi connectivity index (χ0n) is 28.7. The molecular weight excluding hydrogens is 686 g/mol. The first-order chi connectivity index (χ1) is 24.1. The van der Waals surface area contributed by atoms with Crippen LogP contribution in [0.4, 0.5) is 19.4 Å². The van der Waals surface area contributed by atoms with E-state index in [1.54, 1.807) is 58.9 Å². The Morgan fingerprint density at radius 1 is 1.14 bits per heavy atom. The van der Waals surface area contributed by atoms with Gasteiger partial charge in [-0.1, -0.05) is 35.9 Å². The van der Waals surface area contributed by atoms with Crippen molar-refractivity contribution in [3.63, 3.8) is 0 Å². The second kappa shape index (κ2) is 12.7. The topological polar surface area (TPSA) is 143 Å². The van der Waals surface area contributed by atoms with E-state index >= 15 is 4.39 Å². The number of amides is 1. The molecule has 268 valence electrons. The van der Waals surface area contributed by atoms with Gasteiger partial charge >= 0.3 is 12.1 Å². The molecule has 7 rings (SSSR count). The van der Waals surface area contributed by atoms with E-state index in [2.05, 4.69) is 16.0 Å². The first kappa shape index (κ1) is 35.0. The number of rotatable bonds is 5. The average Bonchev–Trinajstić information content (AvgIpc) is 3.47.